The highest BCUT2D eigenvalue weighted by Gasteiger charge is 2.38. The highest BCUT2D eigenvalue weighted by molar-refractivity contribution is 6.35. The second-order valence-electron chi connectivity index (χ2n) is 12.4. The maximum absolute atomic E-state index is 12.2. The lowest BCUT2D eigenvalue weighted by Crippen LogP contribution is -2.58. The second-order valence-corrected chi connectivity index (χ2v) is 12.4. The first-order chi connectivity index (χ1) is 13.6. The number of hydrogen-bond acceptors (Lipinski definition) is 4. The third kappa shape index (κ3) is 8.18. The molecule has 0 aliphatic carbocycles. The molecule has 2 aliphatic rings. The van der Waals surface area contributed by atoms with Crippen molar-refractivity contribution in [2.24, 2.45) is 11.8 Å². The third-order valence-corrected chi connectivity index (χ3v) is 6.43. The van der Waals surface area contributed by atoms with Gasteiger partial charge in [-0.15, -0.1) is 0 Å². The van der Waals surface area contributed by atoms with E-state index in [1.54, 1.807) is 0 Å². The molecule has 0 atom stereocenters. The molecule has 2 aliphatic heterocycles. The molecule has 2 amide bonds. The number of hydrogen-bond donors (Lipinski definition) is 4. The van der Waals surface area contributed by atoms with Crippen LogP contribution in [0.1, 0.15) is 93.9 Å². The molecule has 4 N–H and O–H groups in total. The molecule has 0 spiro atoms. The first-order valence-corrected chi connectivity index (χ1v) is 11.7. The molecule has 0 unspecified atom stereocenters. The lowest BCUT2D eigenvalue weighted by Gasteiger charge is -2.46. The standard InChI is InChI=1S/C24H46N4O2/c1-21(2)13-17(14-22(3,4)27-21)9-11-25-19(29)20(30)26-12-10-18-15-23(5,6)28-24(7,8)16-18/h17-18,27-28H,9-16H2,1-8H3,(H,25,29)(H,26,30). The molecule has 0 aromatic heterocycles. The molecule has 0 aromatic rings. The fourth-order valence-electron chi connectivity index (χ4n) is 6.42. The van der Waals surface area contributed by atoms with Gasteiger partial charge < -0.3 is 21.3 Å². The summed E-state index contributed by atoms with van der Waals surface area (Å²) in [6, 6.07) is 0. The maximum atomic E-state index is 12.2. The van der Waals surface area contributed by atoms with Gasteiger partial charge in [-0.05, 0) is 106 Å². The Labute approximate surface area is 184 Å². The topological polar surface area (TPSA) is 82.3 Å². The van der Waals surface area contributed by atoms with Crippen LogP contribution in [-0.2, 0) is 9.59 Å². The summed E-state index contributed by atoms with van der Waals surface area (Å²) in [5.74, 6) is 0.0827. The molecular weight excluding hydrogens is 376 g/mol. The van der Waals surface area contributed by atoms with E-state index in [4.69, 9.17) is 0 Å². The molecular formula is C24H46N4O2. The monoisotopic (exact) mass is 422 g/mol. The van der Waals surface area contributed by atoms with E-state index in [1.165, 1.54) is 0 Å². The van der Waals surface area contributed by atoms with Gasteiger partial charge in [0.15, 0.2) is 0 Å². The Morgan fingerprint density at radius 2 is 0.900 bits per heavy atom. The van der Waals surface area contributed by atoms with Crippen LogP contribution in [-0.4, -0.2) is 47.1 Å². The Kier molecular flexibility index (Phi) is 7.67. The predicted molar refractivity (Wildman–Crippen MR) is 123 cm³/mol. The minimum absolute atomic E-state index is 0.103. The molecule has 0 radical (unpaired) electrons. The lowest BCUT2D eigenvalue weighted by atomic mass is 9.74. The van der Waals surface area contributed by atoms with Crippen LogP contribution in [0, 0.1) is 11.8 Å². The number of nitrogens with one attached hydrogen (secondary N) is 4. The number of amides is 2. The van der Waals surface area contributed by atoms with E-state index < -0.39 is 11.8 Å². The zero-order chi connectivity index (χ0) is 22.8. The molecule has 6 nitrogen and oxygen atoms in total. The average molecular weight is 423 g/mol. The summed E-state index contributed by atoms with van der Waals surface area (Å²) in [7, 11) is 0. The van der Waals surface area contributed by atoms with Gasteiger partial charge in [0.05, 0.1) is 0 Å². The lowest BCUT2D eigenvalue weighted by molar-refractivity contribution is -0.139. The molecule has 174 valence electrons. The van der Waals surface area contributed by atoms with Crippen LogP contribution in [0.4, 0.5) is 0 Å². The van der Waals surface area contributed by atoms with Crippen molar-refractivity contribution < 1.29 is 9.59 Å². The molecule has 0 saturated carbocycles. The SMILES string of the molecule is CC1(C)CC(CCNC(=O)C(=O)NCCC2CC(C)(C)NC(C)(C)C2)CC(C)(C)N1. The number of piperidine rings is 2. The van der Waals surface area contributed by atoms with Gasteiger partial charge in [-0.1, -0.05) is 0 Å². The van der Waals surface area contributed by atoms with E-state index in [-0.39, 0.29) is 22.2 Å². The van der Waals surface area contributed by atoms with E-state index in [0.717, 1.165) is 38.5 Å². The van der Waals surface area contributed by atoms with Crippen molar-refractivity contribution in [3.8, 4) is 0 Å². The minimum atomic E-state index is -0.506. The quantitative estimate of drug-likeness (QED) is 0.496. The maximum Gasteiger partial charge on any atom is 0.309 e. The van der Waals surface area contributed by atoms with Crippen LogP contribution in [0.2, 0.25) is 0 Å². The van der Waals surface area contributed by atoms with E-state index in [0.29, 0.717) is 24.9 Å². The smallest absolute Gasteiger partial charge is 0.309 e. The second kappa shape index (κ2) is 9.15. The summed E-state index contributed by atoms with van der Waals surface area (Å²) in [5, 5.41) is 13.0. The van der Waals surface area contributed by atoms with Gasteiger partial charge in [0.1, 0.15) is 0 Å². The molecule has 2 fully saturated rings. The average Bonchev–Trinajstić information content (AvgIpc) is 2.48. The van der Waals surface area contributed by atoms with Crippen molar-refractivity contribution in [1.29, 1.82) is 0 Å². The number of carbonyl (C=O) groups excluding carboxylic acids is 2. The van der Waals surface area contributed by atoms with Crippen molar-refractivity contribution in [1.82, 2.24) is 21.3 Å². The summed E-state index contributed by atoms with van der Waals surface area (Å²) < 4.78 is 0. The van der Waals surface area contributed by atoms with Crippen LogP contribution in [0.5, 0.6) is 0 Å². The van der Waals surface area contributed by atoms with Crippen LogP contribution in [0.25, 0.3) is 0 Å². The Hall–Kier alpha value is -1.14. The molecule has 0 aromatic carbocycles. The molecule has 6 heteroatoms. The fourth-order valence-corrected chi connectivity index (χ4v) is 6.42. The molecule has 2 heterocycles. The minimum Gasteiger partial charge on any atom is -0.348 e. The molecule has 0 bridgehead atoms. The van der Waals surface area contributed by atoms with Crippen LogP contribution in [0.3, 0.4) is 0 Å². The Morgan fingerprint density at radius 3 is 1.17 bits per heavy atom. The zero-order valence-electron chi connectivity index (χ0n) is 20.6. The molecule has 2 rings (SSSR count). The first kappa shape index (κ1) is 25.1. The Balaban J connectivity index is 1.68. The van der Waals surface area contributed by atoms with Gasteiger partial charge >= 0.3 is 11.8 Å². The normalized spacial score (nSPS) is 25.5. The van der Waals surface area contributed by atoms with Crippen molar-refractivity contribution >= 4 is 11.8 Å². The van der Waals surface area contributed by atoms with Crippen LogP contribution >= 0.6 is 0 Å². The van der Waals surface area contributed by atoms with Crippen molar-refractivity contribution in [3.05, 3.63) is 0 Å². The van der Waals surface area contributed by atoms with Gasteiger partial charge in [0.25, 0.3) is 0 Å². The fraction of sp³-hybridized carbons (Fsp3) is 0.917. The summed E-state index contributed by atoms with van der Waals surface area (Å²) >= 11 is 0. The van der Waals surface area contributed by atoms with Gasteiger partial charge in [-0.25, -0.2) is 0 Å². The van der Waals surface area contributed by atoms with Gasteiger partial charge in [-0.2, -0.15) is 0 Å². The Bertz CT molecular complexity index is 539. The largest absolute Gasteiger partial charge is 0.348 e. The molecule has 2 saturated heterocycles. The van der Waals surface area contributed by atoms with Gasteiger partial charge in [0, 0.05) is 35.2 Å². The summed E-state index contributed by atoms with van der Waals surface area (Å²) in [6.45, 7) is 19.0. The highest BCUT2D eigenvalue weighted by Crippen LogP contribution is 2.35. The van der Waals surface area contributed by atoms with Gasteiger partial charge in [-0.3, -0.25) is 9.59 Å². The van der Waals surface area contributed by atoms with E-state index in [2.05, 4.69) is 76.7 Å². The summed E-state index contributed by atoms with van der Waals surface area (Å²) in [6.07, 6.45) is 6.16. The number of carbonyl (C=O) groups is 2. The van der Waals surface area contributed by atoms with Crippen molar-refractivity contribution in [2.75, 3.05) is 13.1 Å². The Morgan fingerprint density at radius 1 is 0.633 bits per heavy atom. The van der Waals surface area contributed by atoms with E-state index >= 15 is 0 Å². The first-order valence-electron chi connectivity index (χ1n) is 11.7. The van der Waals surface area contributed by atoms with Crippen molar-refractivity contribution in [3.63, 3.8) is 0 Å². The highest BCUT2D eigenvalue weighted by atomic mass is 16.2. The van der Waals surface area contributed by atoms with Gasteiger partial charge in [0.2, 0.25) is 0 Å². The van der Waals surface area contributed by atoms with E-state index in [1.807, 2.05) is 0 Å². The predicted octanol–water partition coefficient (Wildman–Crippen LogP) is 3.11. The zero-order valence-corrected chi connectivity index (χ0v) is 20.6. The third-order valence-electron chi connectivity index (χ3n) is 6.43. The summed E-state index contributed by atoms with van der Waals surface area (Å²) in [5.41, 5.74) is 0.411. The number of rotatable bonds is 6. The van der Waals surface area contributed by atoms with E-state index in [9.17, 15) is 9.59 Å². The van der Waals surface area contributed by atoms with Crippen LogP contribution in [0.15, 0.2) is 0 Å². The van der Waals surface area contributed by atoms with Crippen LogP contribution < -0.4 is 21.3 Å². The summed E-state index contributed by atoms with van der Waals surface area (Å²) in [4.78, 5) is 24.4. The van der Waals surface area contributed by atoms with Crippen molar-refractivity contribution in [2.45, 2.75) is 116 Å². The molecule has 30 heavy (non-hydrogen) atoms.